The van der Waals surface area contributed by atoms with Crippen molar-refractivity contribution in [3.63, 3.8) is 0 Å². The summed E-state index contributed by atoms with van der Waals surface area (Å²) in [5.41, 5.74) is 1.03. The Morgan fingerprint density at radius 2 is 1.09 bits per heavy atom. The Bertz CT molecular complexity index is 594. The summed E-state index contributed by atoms with van der Waals surface area (Å²) in [5, 5.41) is 5.82. The molecule has 0 saturated carbocycles. The molecule has 2 N–H and O–H groups in total. The van der Waals surface area contributed by atoms with E-state index in [2.05, 4.69) is 10.6 Å². The van der Waals surface area contributed by atoms with Gasteiger partial charge in [0.05, 0.1) is 0 Å². The number of hydrogen-bond donors (Lipinski definition) is 2. The number of amides is 2. The van der Waals surface area contributed by atoms with Gasteiger partial charge >= 0.3 is 0 Å². The summed E-state index contributed by atoms with van der Waals surface area (Å²) in [4.78, 5) is 24.1. The molecule has 2 amide bonds. The van der Waals surface area contributed by atoms with Crippen LogP contribution in [0.5, 0.6) is 0 Å². The van der Waals surface area contributed by atoms with Gasteiger partial charge in [0.25, 0.3) is 11.8 Å². The molecule has 0 atom stereocenters. The van der Waals surface area contributed by atoms with Gasteiger partial charge in [-0.2, -0.15) is 0 Å². The minimum absolute atomic E-state index is 0.104. The fourth-order valence-electron chi connectivity index (χ4n) is 2.08. The second kappa shape index (κ2) is 7.58. The maximum atomic E-state index is 12.1. The number of nitrogens with one attached hydrogen (secondary N) is 2. The largest absolute Gasteiger partial charge is 0.351 e. The minimum atomic E-state index is -0.241. The molecule has 0 aliphatic rings. The summed E-state index contributed by atoms with van der Waals surface area (Å²) in [5.74, 6) is -0.207. The van der Waals surface area contributed by atoms with Gasteiger partial charge in [-0.1, -0.05) is 50.2 Å². The number of carbonyl (C=O) groups excluding carboxylic acids is 2. The summed E-state index contributed by atoms with van der Waals surface area (Å²) < 4.78 is 0. The fraction of sp³-hybridized carbons (Fsp3) is 0.263. The number of rotatable bonds is 6. The SMILES string of the molecule is CC(C)(CNC(=O)c1ccccc1)CNC(=O)c1ccccc1. The second-order valence-electron chi connectivity index (χ2n) is 6.26. The highest BCUT2D eigenvalue weighted by atomic mass is 16.2. The molecule has 2 rings (SSSR count). The van der Waals surface area contributed by atoms with Crippen molar-refractivity contribution in [1.82, 2.24) is 10.6 Å². The highest BCUT2D eigenvalue weighted by molar-refractivity contribution is 5.94. The molecule has 120 valence electrons. The van der Waals surface area contributed by atoms with E-state index in [0.29, 0.717) is 24.2 Å². The van der Waals surface area contributed by atoms with Gasteiger partial charge in [0.1, 0.15) is 0 Å². The van der Waals surface area contributed by atoms with Crippen LogP contribution in [-0.2, 0) is 0 Å². The predicted molar refractivity (Wildman–Crippen MR) is 91.3 cm³/mol. The number of carbonyl (C=O) groups is 2. The van der Waals surface area contributed by atoms with Crippen molar-refractivity contribution in [2.24, 2.45) is 5.41 Å². The van der Waals surface area contributed by atoms with Crippen LogP contribution >= 0.6 is 0 Å². The zero-order chi connectivity index (χ0) is 16.7. The van der Waals surface area contributed by atoms with Crippen molar-refractivity contribution < 1.29 is 9.59 Å². The molecule has 0 aromatic heterocycles. The molecule has 4 nitrogen and oxygen atoms in total. The lowest BCUT2D eigenvalue weighted by Gasteiger charge is -2.25. The van der Waals surface area contributed by atoms with Crippen molar-refractivity contribution in [2.75, 3.05) is 13.1 Å². The first-order chi connectivity index (χ1) is 11.0. The maximum absolute atomic E-state index is 12.1. The average molecular weight is 310 g/mol. The molecule has 2 aromatic rings. The molecule has 0 aliphatic heterocycles. The van der Waals surface area contributed by atoms with E-state index >= 15 is 0 Å². The third-order valence-corrected chi connectivity index (χ3v) is 3.53. The van der Waals surface area contributed by atoms with Crippen molar-refractivity contribution in [2.45, 2.75) is 13.8 Å². The van der Waals surface area contributed by atoms with Crippen LogP contribution in [0, 0.1) is 5.41 Å². The molecule has 0 radical (unpaired) electrons. The molecule has 2 aromatic carbocycles. The van der Waals surface area contributed by atoms with E-state index in [4.69, 9.17) is 0 Å². The molecule has 0 aliphatic carbocycles. The molecular weight excluding hydrogens is 288 g/mol. The zero-order valence-corrected chi connectivity index (χ0v) is 13.5. The summed E-state index contributed by atoms with van der Waals surface area (Å²) >= 11 is 0. The van der Waals surface area contributed by atoms with E-state index in [0.717, 1.165) is 0 Å². The Morgan fingerprint density at radius 3 is 1.43 bits per heavy atom. The first-order valence-corrected chi connectivity index (χ1v) is 7.64. The highest BCUT2D eigenvalue weighted by Crippen LogP contribution is 2.13. The van der Waals surface area contributed by atoms with Crippen LogP contribution in [0.3, 0.4) is 0 Å². The summed E-state index contributed by atoms with van der Waals surface area (Å²) in [7, 11) is 0. The van der Waals surface area contributed by atoms with E-state index in [-0.39, 0.29) is 17.2 Å². The second-order valence-corrected chi connectivity index (χ2v) is 6.26. The van der Waals surface area contributed by atoms with E-state index < -0.39 is 0 Å². The smallest absolute Gasteiger partial charge is 0.251 e. The molecule has 0 spiro atoms. The standard InChI is InChI=1S/C19H22N2O2/c1-19(2,13-20-17(22)15-9-5-3-6-10-15)14-21-18(23)16-11-7-4-8-12-16/h3-12H,13-14H2,1-2H3,(H,20,22)(H,21,23). The number of hydrogen-bond acceptors (Lipinski definition) is 2. The molecule has 0 saturated heterocycles. The summed E-state index contributed by atoms with van der Waals surface area (Å²) in [6.45, 7) is 4.97. The third-order valence-electron chi connectivity index (χ3n) is 3.53. The zero-order valence-electron chi connectivity index (χ0n) is 13.5. The van der Waals surface area contributed by atoms with Crippen LogP contribution in [0.2, 0.25) is 0 Å². The van der Waals surface area contributed by atoms with Gasteiger partial charge in [0.2, 0.25) is 0 Å². The van der Waals surface area contributed by atoms with Crippen LogP contribution in [0.4, 0.5) is 0 Å². The van der Waals surface area contributed by atoms with E-state index in [9.17, 15) is 9.59 Å². The van der Waals surface area contributed by atoms with E-state index in [1.165, 1.54) is 0 Å². The van der Waals surface area contributed by atoms with Crippen molar-refractivity contribution in [3.05, 3.63) is 71.8 Å². The first kappa shape index (κ1) is 16.7. The van der Waals surface area contributed by atoms with Gasteiger partial charge in [-0.25, -0.2) is 0 Å². The molecule has 0 fully saturated rings. The Kier molecular flexibility index (Phi) is 5.52. The third kappa shape index (κ3) is 5.25. The lowest BCUT2D eigenvalue weighted by atomic mass is 9.93. The van der Waals surface area contributed by atoms with Gasteiger partial charge in [-0.05, 0) is 29.7 Å². The average Bonchev–Trinajstić information content (AvgIpc) is 2.59. The van der Waals surface area contributed by atoms with E-state index in [1.807, 2.05) is 50.2 Å². The topological polar surface area (TPSA) is 58.2 Å². The molecular formula is C19H22N2O2. The molecule has 23 heavy (non-hydrogen) atoms. The normalized spacial score (nSPS) is 10.9. The van der Waals surface area contributed by atoms with Crippen molar-refractivity contribution >= 4 is 11.8 Å². The predicted octanol–water partition coefficient (Wildman–Crippen LogP) is 2.87. The highest BCUT2D eigenvalue weighted by Gasteiger charge is 2.20. The Hall–Kier alpha value is -2.62. The fourth-order valence-corrected chi connectivity index (χ4v) is 2.08. The van der Waals surface area contributed by atoms with E-state index in [1.54, 1.807) is 24.3 Å². The minimum Gasteiger partial charge on any atom is -0.351 e. The Morgan fingerprint density at radius 1 is 0.739 bits per heavy atom. The van der Waals surface area contributed by atoms with Gasteiger partial charge in [0, 0.05) is 24.2 Å². The number of benzene rings is 2. The Balaban J connectivity index is 1.82. The van der Waals surface area contributed by atoms with Crippen molar-refractivity contribution in [1.29, 1.82) is 0 Å². The van der Waals surface area contributed by atoms with Crippen LogP contribution in [0.1, 0.15) is 34.6 Å². The first-order valence-electron chi connectivity index (χ1n) is 7.64. The molecule has 0 unspecified atom stereocenters. The van der Waals surface area contributed by atoms with Gasteiger partial charge in [-0.15, -0.1) is 0 Å². The lowest BCUT2D eigenvalue weighted by molar-refractivity contribution is 0.0920. The van der Waals surface area contributed by atoms with Gasteiger partial charge in [-0.3, -0.25) is 9.59 Å². The summed E-state index contributed by atoms with van der Waals surface area (Å²) in [6.07, 6.45) is 0. The van der Waals surface area contributed by atoms with Crippen molar-refractivity contribution in [3.8, 4) is 0 Å². The monoisotopic (exact) mass is 310 g/mol. The summed E-state index contributed by atoms with van der Waals surface area (Å²) in [6, 6.07) is 18.2. The lowest BCUT2D eigenvalue weighted by Crippen LogP contribution is -2.42. The molecule has 0 heterocycles. The van der Waals surface area contributed by atoms with Crippen LogP contribution in [-0.4, -0.2) is 24.9 Å². The molecule has 0 bridgehead atoms. The molecule has 4 heteroatoms. The Labute approximate surface area is 136 Å². The van der Waals surface area contributed by atoms with Crippen LogP contribution < -0.4 is 10.6 Å². The van der Waals surface area contributed by atoms with Gasteiger partial charge in [0.15, 0.2) is 0 Å². The van der Waals surface area contributed by atoms with Crippen LogP contribution in [0.25, 0.3) is 0 Å². The maximum Gasteiger partial charge on any atom is 0.251 e. The van der Waals surface area contributed by atoms with Crippen LogP contribution in [0.15, 0.2) is 60.7 Å². The quantitative estimate of drug-likeness (QED) is 0.862. The van der Waals surface area contributed by atoms with Gasteiger partial charge < -0.3 is 10.6 Å².